The van der Waals surface area contributed by atoms with Crippen molar-refractivity contribution in [3.63, 3.8) is 0 Å². The third kappa shape index (κ3) is 3.69. The molecule has 0 saturated carbocycles. The zero-order chi connectivity index (χ0) is 18.0. The molecular weight excluding hydrogens is 340 g/mol. The average Bonchev–Trinajstić information content (AvgIpc) is 3.18. The number of hydrogen-bond acceptors (Lipinski definition) is 6. The van der Waals surface area contributed by atoms with Crippen LogP contribution in [0.2, 0.25) is 0 Å². The van der Waals surface area contributed by atoms with E-state index in [0.29, 0.717) is 12.2 Å². The molecule has 1 amide bonds. The fraction of sp³-hybridized carbons (Fsp3) is 0.294. The van der Waals surface area contributed by atoms with E-state index in [-0.39, 0.29) is 18.0 Å². The van der Waals surface area contributed by atoms with Crippen molar-refractivity contribution in [1.29, 1.82) is 0 Å². The summed E-state index contributed by atoms with van der Waals surface area (Å²) >= 11 is 1.53. The van der Waals surface area contributed by atoms with Gasteiger partial charge in [0.2, 0.25) is 0 Å². The number of anilines is 1. The average molecular weight is 358 g/mol. The quantitative estimate of drug-likeness (QED) is 0.853. The van der Waals surface area contributed by atoms with Gasteiger partial charge in [-0.1, -0.05) is 18.2 Å². The topological polar surface area (TPSA) is 94.9 Å². The minimum atomic E-state index is -1.01. The summed E-state index contributed by atoms with van der Waals surface area (Å²) in [4.78, 5) is 29.4. The summed E-state index contributed by atoms with van der Waals surface area (Å²) in [5.41, 5.74) is 1.80. The van der Waals surface area contributed by atoms with Crippen LogP contribution in [0.5, 0.6) is 0 Å². The number of para-hydroxylation sites is 1. The third-order valence-electron chi connectivity index (χ3n) is 3.95. The molecule has 0 fully saturated rings. The number of aromatic nitrogens is 1. The van der Waals surface area contributed by atoms with Gasteiger partial charge in [-0.2, -0.15) is 5.10 Å². The van der Waals surface area contributed by atoms with Crippen LogP contribution in [0.25, 0.3) is 0 Å². The summed E-state index contributed by atoms with van der Waals surface area (Å²) in [6, 6.07) is 8.09. The molecule has 1 atom stereocenters. The molecule has 1 aliphatic heterocycles. The largest absolute Gasteiger partial charge is 0.480 e. The molecule has 1 unspecified atom stereocenters. The first-order chi connectivity index (χ1) is 12.0. The van der Waals surface area contributed by atoms with E-state index in [9.17, 15) is 14.7 Å². The van der Waals surface area contributed by atoms with E-state index < -0.39 is 12.0 Å². The van der Waals surface area contributed by atoms with E-state index in [0.717, 1.165) is 15.6 Å². The highest BCUT2D eigenvalue weighted by Crippen LogP contribution is 2.24. The Bertz CT molecular complexity index is 812. The zero-order valence-corrected chi connectivity index (χ0v) is 14.7. The summed E-state index contributed by atoms with van der Waals surface area (Å²) in [7, 11) is 0. The van der Waals surface area contributed by atoms with Crippen molar-refractivity contribution in [2.24, 2.45) is 5.10 Å². The van der Waals surface area contributed by atoms with Crippen molar-refractivity contribution < 1.29 is 14.7 Å². The second kappa shape index (κ2) is 7.02. The molecular formula is C17H18N4O3S. The van der Waals surface area contributed by atoms with E-state index in [4.69, 9.17) is 0 Å². The van der Waals surface area contributed by atoms with E-state index >= 15 is 0 Å². The SMILES string of the molecule is Cc1nc(CNC(=O)C2=NN(c3ccccc3)C(C(=O)O)C2)sc1C. The lowest BCUT2D eigenvalue weighted by Crippen LogP contribution is -2.35. The maximum absolute atomic E-state index is 12.4. The van der Waals surface area contributed by atoms with Gasteiger partial charge in [0, 0.05) is 11.3 Å². The Labute approximate surface area is 149 Å². The van der Waals surface area contributed by atoms with Crippen LogP contribution in [-0.2, 0) is 16.1 Å². The van der Waals surface area contributed by atoms with Crippen molar-refractivity contribution in [3.05, 3.63) is 45.9 Å². The summed E-state index contributed by atoms with van der Waals surface area (Å²) < 4.78 is 0. The monoisotopic (exact) mass is 358 g/mol. The Morgan fingerprint density at radius 3 is 2.64 bits per heavy atom. The number of hydrogen-bond donors (Lipinski definition) is 2. The van der Waals surface area contributed by atoms with Gasteiger partial charge in [0.05, 0.1) is 17.9 Å². The van der Waals surface area contributed by atoms with E-state index in [1.165, 1.54) is 16.3 Å². The molecule has 1 aromatic carbocycles. The maximum atomic E-state index is 12.4. The lowest BCUT2D eigenvalue weighted by molar-refractivity contribution is -0.138. The van der Waals surface area contributed by atoms with Crippen LogP contribution in [0.1, 0.15) is 22.0 Å². The highest BCUT2D eigenvalue weighted by atomic mass is 32.1. The second-order valence-corrected chi connectivity index (χ2v) is 7.00. The molecule has 0 aliphatic carbocycles. The lowest BCUT2D eigenvalue weighted by Gasteiger charge is -2.19. The Morgan fingerprint density at radius 1 is 1.32 bits per heavy atom. The van der Waals surface area contributed by atoms with Gasteiger partial charge < -0.3 is 10.4 Å². The minimum Gasteiger partial charge on any atom is -0.480 e. The number of thiazole rings is 1. The van der Waals surface area contributed by atoms with Crippen LogP contribution >= 0.6 is 11.3 Å². The smallest absolute Gasteiger partial charge is 0.328 e. The van der Waals surface area contributed by atoms with E-state index in [2.05, 4.69) is 15.4 Å². The van der Waals surface area contributed by atoms with Crippen molar-refractivity contribution in [2.45, 2.75) is 32.9 Å². The molecule has 7 nitrogen and oxygen atoms in total. The Hall–Kier alpha value is -2.74. The van der Waals surface area contributed by atoms with Crippen molar-refractivity contribution in [3.8, 4) is 0 Å². The number of carbonyl (C=O) groups excluding carboxylic acids is 1. The Morgan fingerprint density at radius 2 is 2.04 bits per heavy atom. The van der Waals surface area contributed by atoms with Gasteiger partial charge in [-0.05, 0) is 26.0 Å². The molecule has 2 aromatic rings. The molecule has 8 heteroatoms. The Balaban J connectivity index is 1.72. The van der Waals surface area contributed by atoms with Crippen LogP contribution in [0, 0.1) is 13.8 Å². The molecule has 0 bridgehead atoms. The first-order valence-corrected chi connectivity index (χ1v) is 8.63. The van der Waals surface area contributed by atoms with Crippen LogP contribution in [0.3, 0.4) is 0 Å². The van der Waals surface area contributed by atoms with Crippen molar-refractivity contribution in [2.75, 3.05) is 5.01 Å². The highest BCUT2D eigenvalue weighted by Gasteiger charge is 2.36. The first-order valence-electron chi connectivity index (χ1n) is 7.81. The van der Waals surface area contributed by atoms with Gasteiger partial charge in [0.15, 0.2) is 6.04 Å². The van der Waals surface area contributed by atoms with E-state index in [1.807, 2.05) is 19.9 Å². The lowest BCUT2D eigenvalue weighted by atomic mass is 10.1. The number of benzene rings is 1. The molecule has 1 aromatic heterocycles. The number of carbonyl (C=O) groups is 2. The van der Waals surface area contributed by atoms with Crippen LogP contribution in [0.15, 0.2) is 35.4 Å². The molecule has 2 N–H and O–H groups in total. The van der Waals surface area contributed by atoms with Crippen molar-refractivity contribution >= 4 is 34.6 Å². The van der Waals surface area contributed by atoms with Crippen LogP contribution < -0.4 is 10.3 Å². The normalized spacial score (nSPS) is 16.6. The van der Waals surface area contributed by atoms with Gasteiger partial charge in [-0.15, -0.1) is 11.3 Å². The fourth-order valence-electron chi connectivity index (χ4n) is 2.53. The number of carboxylic acids is 1. The molecule has 1 aliphatic rings. The van der Waals surface area contributed by atoms with E-state index in [1.54, 1.807) is 24.3 Å². The fourth-order valence-corrected chi connectivity index (χ4v) is 3.41. The summed E-state index contributed by atoms with van der Waals surface area (Å²) in [6.07, 6.45) is 0.0615. The number of nitrogens with one attached hydrogen (secondary N) is 1. The number of rotatable bonds is 5. The number of amides is 1. The zero-order valence-electron chi connectivity index (χ0n) is 13.9. The van der Waals surface area contributed by atoms with Crippen LogP contribution in [0.4, 0.5) is 5.69 Å². The second-order valence-electron chi connectivity index (χ2n) is 5.72. The molecule has 0 saturated heterocycles. The highest BCUT2D eigenvalue weighted by molar-refractivity contribution is 7.11. The minimum absolute atomic E-state index is 0.0615. The molecule has 2 heterocycles. The molecule has 25 heavy (non-hydrogen) atoms. The Kier molecular flexibility index (Phi) is 4.80. The predicted octanol–water partition coefficient (Wildman–Crippen LogP) is 2.10. The van der Waals surface area contributed by atoms with Gasteiger partial charge in [-0.25, -0.2) is 9.78 Å². The standard InChI is InChI=1S/C17H18N4O3S/c1-10-11(2)25-15(19-10)9-18-16(22)13-8-14(17(23)24)21(20-13)12-6-4-3-5-7-12/h3-7,14H,8-9H2,1-2H3,(H,18,22)(H,23,24). The first kappa shape index (κ1) is 17.1. The number of aliphatic carboxylic acids is 1. The third-order valence-corrected chi connectivity index (χ3v) is 5.02. The van der Waals surface area contributed by atoms with Crippen molar-refractivity contribution in [1.82, 2.24) is 10.3 Å². The molecule has 3 rings (SSSR count). The van der Waals surface area contributed by atoms with Gasteiger partial charge in [0.25, 0.3) is 5.91 Å². The number of carboxylic acid groups (broad SMARTS) is 1. The number of hydrazone groups is 1. The molecule has 0 radical (unpaired) electrons. The molecule has 130 valence electrons. The summed E-state index contributed by atoms with van der Waals surface area (Å²) in [6.45, 7) is 4.21. The van der Waals surface area contributed by atoms with Gasteiger partial charge in [0.1, 0.15) is 10.7 Å². The number of aryl methyl sites for hydroxylation is 2. The predicted molar refractivity (Wildman–Crippen MR) is 95.8 cm³/mol. The summed E-state index contributed by atoms with van der Waals surface area (Å²) in [5, 5.41) is 18.6. The maximum Gasteiger partial charge on any atom is 0.328 e. The summed E-state index contributed by atoms with van der Waals surface area (Å²) in [5.74, 6) is -1.38. The van der Waals surface area contributed by atoms with Gasteiger partial charge >= 0.3 is 5.97 Å². The van der Waals surface area contributed by atoms with Gasteiger partial charge in [-0.3, -0.25) is 9.80 Å². The number of nitrogens with zero attached hydrogens (tertiary/aromatic N) is 3. The molecule has 0 spiro atoms. The van der Waals surface area contributed by atoms with Crippen LogP contribution in [-0.4, -0.2) is 33.7 Å².